The second-order valence-electron chi connectivity index (χ2n) is 8.27. The van der Waals surface area contributed by atoms with Gasteiger partial charge in [0, 0.05) is 17.5 Å². The average Bonchev–Trinajstić information content (AvgIpc) is 3.09. The monoisotopic (exact) mass is 382 g/mol. The number of oxazole rings is 1. The first kappa shape index (κ1) is 17.3. The van der Waals surface area contributed by atoms with Gasteiger partial charge in [0.25, 0.3) is 0 Å². The molecule has 0 aliphatic carbocycles. The Morgan fingerprint density at radius 3 is 2.44 bits per heavy atom. The number of rotatable bonds is 2. The second-order valence-corrected chi connectivity index (χ2v) is 10.8. The predicted molar refractivity (Wildman–Crippen MR) is 97.9 cm³/mol. The van der Waals surface area contributed by atoms with Crippen molar-refractivity contribution in [2.24, 2.45) is 0 Å². The summed E-state index contributed by atoms with van der Waals surface area (Å²) < 4.78 is 32.7. The number of aromatic nitrogens is 1. The Labute approximate surface area is 153 Å². The predicted octanol–water partition coefficient (Wildman–Crippen LogP) is 3.84. The van der Waals surface area contributed by atoms with E-state index in [2.05, 4.69) is 10.3 Å². The van der Waals surface area contributed by atoms with Crippen LogP contribution in [0.25, 0.3) is 11.1 Å². The fourth-order valence-electron chi connectivity index (χ4n) is 3.95. The lowest BCUT2D eigenvalue weighted by atomic mass is 9.97. The number of benzene rings is 1. The van der Waals surface area contributed by atoms with E-state index >= 15 is 0 Å². The summed E-state index contributed by atoms with van der Waals surface area (Å²) in [4.78, 5) is 4.60. The molecule has 1 aromatic carbocycles. The van der Waals surface area contributed by atoms with Crippen LogP contribution in [0.5, 0.6) is 0 Å². The molecule has 5 nitrogen and oxygen atoms in total. The van der Waals surface area contributed by atoms with Crippen molar-refractivity contribution in [3.05, 3.63) is 23.0 Å². The zero-order chi connectivity index (χ0) is 18.0. The molecule has 3 atom stereocenters. The van der Waals surface area contributed by atoms with Crippen molar-refractivity contribution in [3.63, 3.8) is 0 Å². The van der Waals surface area contributed by atoms with Crippen LogP contribution >= 0.6 is 11.6 Å². The first-order valence-corrected chi connectivity index (χ1v) is 10.7. The molecule has 4 rings (SSSR count). The summed E-state index contributed by atoms with van der Waals surface area (Å²) in [6.07, 6.45) is 3.35. The average molecular weight is 383 g/mol. The Balaban J connectivity index is 1.84. The van der Waals surface area contributed by atoms with Gasteiger partial charge >= 0.3 is 0 Å². The number of nitrogens with one attached hydrogen (secondary N) is 1. The van der Waals surface area contributed by atoms with E-state index in [1.165, 1.54) is 0 Å². The summed E-state index contributed by atoms with van der Waals surface area (Å²) in [7, 11) is -3.58. The normalized spacial score (nSPS) is 27.1. The van der Waals surface area contributed by atoms with Crippen molar-refractivity contribution in [2.45, 2.75) is 74.1 Å². The lowest BCUT2D eigenvalue weighted by Gasteiger charge is -2.29. The number of piperidine rings is 1. The van der Waals surface area contributed by atoms with Gasteiger partial charge < -0.3 is 9.73 Å². The standard InChI is InChI=1S/C18H23ClN2O3S/c1-18(2,3)17-21-14-7-6-13(19)16(15(14)24-17)25(22,23)12-8-10-4-5-11(9-12)20-10/h6-7,10-12,20H,4-5,8-9H2,1-3H3/t10-,11+,12?. The van der Waals surface area contributed by atoms with Crippen LogP contribution < -0.4 is 5.32 Å². The zero-order valence-electron chi connectivity index (χ0n) is 14.7. The van der Waals surface area contributed by atoms with Gasteiger partial charge in [0.05, 0.1) is 10.3 Å². The Morgan fingerprint density at radius 1 is 1.20 bits per heavy atom. The number of sulfone groups is 1. The highest BCUT2D eigenvalue weighted by molar-refractivity contribution is 7.92. The van der Waals surface area contributed by atoms with E-state index in [4.69, 9.17) is 16.0 Å². The van der Waals surface area contributed by atoms with E-state index < -0.39 is 15.1 Å². The minimum atomic E-state index is -3.58. The van der Waals surface area contributed by atoms with Crippen molar-refractivity contribution >= 4 is 32.5 Å². The second kappa shape index (κ2) is 5.69. The SMILES string of the molecule is CC(C)(C)c1nc2ccc(Cl)c(S(=O)(=O)C3C[C@H]4CC[C@@H](C3)N4)c2o1. The van der Waals surface area contributed by atoms with E-state index in [1.54, 1.807) is 12.1 Å². The third-order valence-electron chi connectivity index (χ3n) is 5.26. The fraction of sp³-hybridized carbons (Fsp3) is 0.611. The van der Waals surface area contributed by atoms with Gasteiger partial charge in [0.15, 0.2) is 15.4 Å². The molecule has 2 aromatic rings. The van der Waals surface area contributed by atoms with Crippen LogP contribution in [0.3, 0.4) is 0 Å². The van der Waals surface area contributed by atoms with Crippen LogP contribution in [-0.2, 0) is 15.3 Å². The highest BCUT2D eigenvalue weighted by atomic mass is 35.5. The van der Waals surface area contributed by atoms with Crippen LogP contribution in [0.2, 0.25) is 5.02 Å². The molecule has 25 heavy (non-hydrogen) atoms. The van der Waals surface area contributed by atoms with Gasteiger partial charge in [-0.05, 0) is 37.8 Å². The number of fused-ring (bicyclic) bond motifs is 3. The van der Waals surface area contributed by atoms with Crippen LogP contribution in [0.4, 0.5) is 0 Å². The molecule has 1 N–H and O–H groups in total. The molecule has 7 heteroatoms. The molecule has 0 saturated carbocycles. The van der Waals surface area contributed by atoms with Gasteiger partial charge in [-0.1, -0.05) is 32.4 Å². The quantitative estimate of drug-likeness (QED) is 0.854. The Bertz CT molecular complexity index is 918. The topological polar surface area (TPSA) is 72.2 Å². The molecule has 2 aliphatic rings. The molecule has 0 radical (unpaired) electrons. The molecule has 0 spiro atoms. The van der Waals surface area contributed by atoms with Crippen molar-refractivity contribution < 1.29 is 12.8 Å². The first-order chi connectivity index (χ1) is 11.7. The summed E-state index contributed by atoms with van der Waals surface area (Å²) in [5, 5.41) is 3.29. The molecule has 2 saturated heterocycles. The van der Waals surface area contributed by atoms with E-state index in [0.717, 1.165) is 12.8 Å². The Morgan fingerprint density at radius 2 is 1.84 bits per heavy atom. The van der Waals surface area contributed by atoms with Gasteiger partial charge in [0.1, 0.15) is 10.4 Å². The molecule has 1 aromatic heterocycles. The first-order valence-electron chi connectivity index (χ1n) is 8.76. The van der Waals surface area contributed by atoms with E-state index in [0.29, 0.717) is 29.8 Å². The van der Waals surface area contributed by atoms with Crippen LogP contribution in [0, 0.1) is 0 Å². The fourth-order valence-corrected chi connectivity index (χ4v) is 6.48. The molecule has 1 unspecified atom stereocenters. The number of hydrogen-bond acceptors (Lipinski definition) is 5. The van der Waals surface area contributed by atoms with Gasteiger partial charge in [-0.2, -0.15) is 0 Å². The largest absolute Gasteiger partial charge is 0.439 e. The molecule has 136 valence electrons. The Hall–Kier alpha value is -1.11. The number of halogens is 1. The van der Waals surface area contributed by atoms with Gasteiger partial charge in [-0.15, -0.1) is 0 Å². The molecular weight excluding hydrogens is 360 g/mol. The molecule has 3 heterocycles. The summed E-state index contributed by atoms with van der Waals surface area (Å²) in [6.45, 7) is 5.95. The molecule has 0 amide bonds. The Kier molecular flexibility index (Phi) is 3.94. The van der Waals surface area contributed by atoms with E-state index in [-0.39, 0.29) is 27.4 Å². The van der Waals surface area contributed by atoms with Crippen molar-refractivity contribution in [2.75, 3.05) is 0 Å². The molecule has 2 bridgehead atoms. The maximum absolute atomic E-state index is 13.4. The van der Waals surface area contributed by atoms with Gasteiger partial charge in [-0.25, -0.2) is 13.4 Å². The number of nitrogens with zero attached hydrogens (tertiary/aromatic N) is 1. The summed E-state index contributed by atoms with van der Waals surface area (Å²) in [5.41, 5.74) is 0.536. The minimum Gasteiger partial charge on any atom is -0.439 e. The summed E-state index contributed by atoms with van der Waals surface area (Å²) in [6, 6.07) is 3.91. The molecular formula is C18H23ClN2O3S. The maximum atomic E-state index is 13.4. The minimum absolute atomic E-state index is 0.112. The lowest BCUT2D eigenvalue weighted by molar-refractivity contribution is 0.398. The van der Waals surface area contributed by atoms with Crippen LogP contribution in [-0.4, -0.2) is 30.7 Å². The van der Waals surface area contributed by atoms with Crippen LogP contribution in [0.15, 0.2) is 21.4 Å². The maximum Gasteiger partial charge on any atom is 0.200 e. The third-order valence-corrected chi connectivity index (χ3v) is 7.92. The zero-order valence-corrected chi connectivity index (χ0v) is 16.2. The van der Waals surface area contributed by atoms with E-state index in [1.807, 2.05) is 20.8 Å². The summed E-state index contributed by atoms with van der Waals surface area (Å²) >= 11 is 6.34. The van der Waals surface area contributed by atoms with E-state index in [9.17, 15) is 8.42 Å². The molecule has 2 fully saturated rings. The highest BCUT2D eigenvalue weighted by Gasteiger charge is 2.42. The van der Waals surface area contributed by atoms with Crippen LogP contribution in [0.1, 0.15) is 52.3 Å². The van der Waals surface area contributed by atoms with Crippen molar-refractivity contribution in [1.29, 1.82) is 0 Å². The van der Waals surface area contributed by atoms with Crippen molar-refractivity contribution in [1.82, 2.24) is 10.3 Å². The molecule has 2 aliphatic heterocycles. The lowest BCUT2D eigenvalue weighted by Crippen LogP contribution is -2.43. The van der Waals surface area contributed by atoms with Gasteiger partial charge in [-0.3, -0.25) is 0 Å². The van der Waals surface area contributed by atoms with Gasteiger partial charge in [0.2, 0.25) is 5.89 Å². The summed E-state index contributed by atoms with van der Waals surface area (Å²) in [5.74, 6) is 0.520. The highest BCUT2D eigenvalue weighted by Crippen LogP contribution is 2.39. The van der Waals surface area contributed by atoms with Crippen molar-refractivity contribution in [3.8, 4) is 0 Å². The smallest absolute Gasteiger partial charge is 0.200 e. The third kappa shape index (κ3) is 2.88. The number of hydrogen-bond donors (Lipinski definition) is 1.